The highest BCUT2D eigenvalue weighted by Crippen LogP contribution is 2.36. The standard InChI is InChI=1S/C19H23F3N6.2ClH/c20-19(21,22)14-9-12(6-7-15(14)24)25-18-26-16-5-1-4-13(16)17(27-18)28-8-2-3-11(23)10-28;;/h6-7,9,11H,1-5,8,10,23-24H2,(H,25,26,27);2*1H. The van der Waals surface area contributed by atoms with Gasteiger partial charge in [0.15, 0.2) is 0 Å². The van der Waals surface area contributed by atoms with Crippen molar-refractivity contribution in [3.05, 3.63) is 35.0 Å². The number of nitrogens with zero attached hydrogens (tertiary/aromatic N) is 3. The molecule has 2 heterocycles. The summed E-state index contributed by atoms with van der Waals surface area (Å²) in [5, 5.41) is 2.93. The first-order chi connectivity index (χ1) is 13.3. The van der Waals surface area contributed by atoms with Gasteiger partial charge in [0.05, 0.1) is 11.3 Å². The van der Waals surface area contributed by atoms with Crippen LogP contribution < -0.4 is 21.7 Å². The fourth-order valence-electron chi connectivity index (χ4n) is 3.94. The van der Waals surface area contributed by atoms with E-state index >= 15 is 0 Å². The lowest BCUT2D eigenvalue weighted by Gasteiger charge is -2.33. The smallest absolute Gasteiger partial charge is 0.398 e. The molecular formula is C19H25Cl2F3N6. The fraction of sp³-hybridized carbons (Fsp3) is 0.474. The van der Waals surface area contributed by atoms with E-state index in [-0.39, 0.29) is 42.2 Å². The number of nitrogens with one attached hydrogen (secondary N) is 1. The minimum Gasteiger partial charge on any atom is -0.398 e. The minimum atomic E-state index is -4.52. The van der Waals surface area contributed by atoms with Gasteiger partial charge in [-0.25, -0.2) is 4.98 Å². The highest BCUT2D eigenvalue weighted by Gasteiger charge is 2.33. The van der Waals surface area contributed by atoms with E-state index in [2.05, 4.69) is 20.2 Å². The fourth-order valence-corrected chi connectivity index (χ4v) is 3.94. The van der Waals surface area contributed by atoms with Crippen LogP contribution >= 0.6 is 24.8 Å². The van der Waals surface area contributed by atoms with Crippen LogP contribution in [0.3, 0.4) is 0 Å². The number of alkyl halides is 3. The van der Waals surface area contributed by atoms with Crippen molar-refractivity contribution in [2.24, 2.45) is 5.73 Å². The van der Waals surface area contributed by atoms with E-state index in [1.165, 1.54) is 12.1 Å². The molecule has 1 fully saturated rings. The lowest BCUT2D eigenvalue weighted by Crippen LogP contribution is -2.43. The summed E-state index contributed by atoms with van der Waals surface area (Å²) in [6.07, 6.45) is 0.220. The Morgan fingerprint density at radius 2 is 1.87 bits per heavy atom. The summed E-state index contributed by atoms with van der Waals surface area (Å²) in [6.45, 7) is 1.60. The normalized spacial score (nSPS) is 18.3. The van der Waals surface area contributed by atoms with Gasteiger partial charge in [0.25, 0.3) is 0 Å². The number of piperidine rings is 1. The highest BCUT2D eigenvalue weighted by atomic mass is 35.5. The molecule has 6 nitrogen and oxygen atoms in total. The van der Waals surface area contributed by atoms with Crippen LogP contribution in [0.5, 0.6) is 0 Å². The molecule has 1 aliphatic heterocycles. The van der Waals surface area contributed by atoms with Crippen LogP contribution in [-0.2, 0) is 19.0 Å². The van der Waals surface area contributed by atoms with Crippen LogP contribution in [0.4, 0.5) is 36.3 Å². The molecule has 2 aromatic rings. The Kier molecular flexibility index (Phi) is 7.65. The maximum atomic E-state index is 13.1. The quantitative estimate of drug-likeness (QED) is 0.592. The highest BCUT2D eigenvalue weighted by molar-refractivity contribution is 5.85. The first-order valence-electron chi connectivity index (χ1n) is 9.45. The molecule has 4 rings (SSSR count). The van der Waals surface area contributed by atoms with Gasteiger partial charge in [-0.05, 0) is 50.3 Å². The average Bonchev–Trinajstić information content (AvgIpc) is 3.10. The third kappa shape index (κ3) is 5.01. The summed E-state index contributed by atoms with van der Waals surface area (Å²) in [5.74, 6) is 1.15. The zero-order valence-corrected chi connectivity index (χ0v) is 17.8. The third-order valence-electron chi connectivity index (χ3n) is 5.28. The molecule has 0 saturated carbocycles. The SMILES string of the molecule is Cl.Cl.Nc1ccc(Nc2nc3c(c(N4CCCC(N)C4)n2)CCC3)cc1C(F)(F)F. The van der Waals surface area contributed by atoms with Crippen LogP contribution in [0.1, 0.15) is 36.1 Å². The Bertz CT molecular complexity index is 893. The van der Waals surface area contributed by atoms with Gasteiger partial charge in [-0.1, -0.05) is 0 Å². The molecule has 0 amide bonds. The summed E-state index contributed by atoms with van der Waals surface area (Å²) in [4.78, 5) is 11.4. The molecule has 5 N–H and O–H groups in total. The van der Waals surface area contributed by atoms with Crippen LogP contribution in [0.25, 0.3) is 0 Å². The summed E-state index contributed by atoms with van der Waals surface area (Å²) in [6, 6.07) is 3.83. The average molecular weight is 465 g/mol. The molecule has 0 bridgehead atoms. The summed E-state index contributed by atoms with van der Waals surface area (Å²) < 4.78 is 39.4. The number of aromatic nitrogens is 2. The number of aryl methyl sites for hydroxylation is 1. The maximum Gasteiger partial charge on any atom is 0.418 e. The molecule has 11 heteroatoms. The first-order valence-corrected chi connectivity index (χ1v) is 9.45. The molecule has 1 unspecified atom stereocenters. The molecule has 1 saturated heterocycles. The Morgan fingerprint density at radius 3 is 2.57 bits per heavy atom. The zero-order valence-electron chi connectivity index (χ0n) is 16.2. The molecule has 1 aliphatic carbocycles. The third-order valence-corrected chi connectivity index (χ3v) is 5.28. The summed E-state index contributed by atoms with van der Waals surface area (Å²) in [5.41, 5.74) is 12.8. The number of hydrogen-bond acceptors (Lipinski definition) is 6. The van der Waals surface area contributed by atoms with Crippen molar-refractivity contribution in [1.82, 2.24) is 9.97 Å². The molecular weight excluding hydrogens is 440 g/mol. The van der Waals surface area contributed by atoms with E-state index in [9.17, 15) is 13.2 Å². The van der Waals surface area contributed by atoms with Gasteiger partial charge >= 0.3 is 6.18 Å². The molecule has 1 atom stereocenters. The molecule has 0 spiro atoms. The number of benzene rings is 1. The van der Waals surface area contributed by atoms with Gasteiger partial charge in [0.1, 0.15) is 5.82 Å². The van der Waals surface area contributed by atoms with Gasteiger partial charge in [-0.2, -0.15) is 18.2 Å². The van der Waals surface area contributed by atoms with Crippen molar-refractivity contribution in [1.29, 1.82) is 0 Å². The van der Waals surface area contributed by atoms with Crippen molar-refractivity contribution in [2.75, 3.05) is 29.0 Å². The van der Waals surface area contributed by atoms with Gasteiger partial charge in [0, 0.05) is 36.1 Å². The van der Waals surface area contributed by atoms with E-state index in [1.54, 1.807) is 0 Å². The Morgan fingerprint density at radius 1 is 1.10 bits per heavy atom. The van der Waals surface area contributed by atoms with Gasteiger partial charge in [-0.3, -0.25) is 0 Å². The Labute approximate surface area is 185 Å². The lowest BCUT2D eigenvalue weighted by molar-refractivity contribution is -0.136. The number of nitrogens with two attached hydrogens (primary N) is 2. The van der Waals surface area contributed by atoms with Crippen molar-refractivity contribution in [3.63, 3.8) is 0 Å². The second-order valence-electron chi connectivity index (χ2n) is 7.42. The van der Waals surface area contributed by atoms with E-state index in [0.717, 1.165) is 68.3 Å². The van der Waals surface area contributed by atoms with Gasteiger partial charge in [-0.15, -0.1) is 24.8 Å². The number of anilines is 4. The van der Waals surface area contributed by atoms with Crippen LogP contribution in [0.15, 0.2) is 18.2 Å². The van der Waals surface area contributed by atoms with E-state index in [0.29, 0.717) is 5.95 Å². The van der Waals surface area contributed by atoms with Crippen LogP contribution in [0.2, 0.25) is 0 Å². The van der Waals surface area contributed by atoms with Crippen LogP contribution in [-0.4, -0.2) is 29.1 Å². The van der Waals surface area contributed by atoms with Crippen molar-refractivity contribution in [3.8, 4) is 0 Å². The predicted octanol–water partition coefficient (Wildman–Crippen LogP) is 4.08. The van der Waals surface area contributed by atoms with E-state index in [4.69, 9.17) is 11.5 Å². The lowest BCUT2D eigenvalue weighted by atomic mass is 10.1. The van der Waals surface area contributed by atoms with Gasteiger partial charge < -0.3 is 21.7 Å². The van der Waals surface area contributed by atoms with Crippen molar-refractivity contribution >= 4 is 48.0 Å². The maximum absolute atomic E-state index is 13.1. The molecule has 166 valence electrons. The number of hydrogen-bond donors (Lipinski definition) is 3. The van der Waals surface area contributed by atoms with E-state index in [1.807, 2.05) is 0 Å². The predicted molar refractivity (Wildman–Crippen MR) is 117 cm³/mol. The molecule has 30 heavy (non-hydrogen) atoms. The summed E-state index contributed by atoms with van der Waals surface area (Å²) in [7, 11) is 0. The Hall–Kier alpha value is -1.97. The molecule has 1 aromatic heterocycles. The molecule has 0 radical (unpaired) electrons. The van der Waals surface area contributed by atoms with Crippen molar-refractivity contribution < 1.29 is 13.2 Å². The largest absolute Gasteiger partial charge is 0.418 e. The topological polar surface area (TPSA) is 93.1 Å². The second-order valence-corrected chi connectivity index (χ2v) is 7.42. The first kappa shape index (κ1) is 24.3. The second kappa shape index (κ2) is 9.45. The number of rotatable bonds is 3. The van der Waals surface area contributed by atoms with E-state index < -0.39 is 11.7 Å². The van der Waals surface area contributed by atoms with Gasteiger partial charge in [0.2, 0.25) is 5.95 Å². The minimum absolute atomic E-state index is 0. The molecule has 2 aliphatic rings. The summed E-state index contributed by atoms with van der Waals surface area (Å²) >= 11 is 0. The number of fused-ring (bicyclic) bond motifs is 1. The zero-order chi connectivity index (χ0) is 19.9. The monoisotopic (exact) mass is 464 g/mol. The Balaban J connectivity index is 0.00000160. The molecule has 1 aromatic carbocycles. The number of halogens is 5. The van der Waals surface area contributed by atoms with Crippen LogP contribution in [0, 0.1) is 0 Å². The number of nitrogen functional groups attached to an aromatic ring is 1. The van der Waals surface area contributed by atoms with Crippen molar-refractivity contribution in [2.45, 2.75) is 44.3 Å².